The standard InChI is InChI=1S/C13H26N2O2/c1-10-9-17-6-5-15(10)12(16)11(8-14)7-13(2,3)4/h10-11H,5-9,14H2,1-4H3. The van der Waals surface area contributed by atoms with E-state index in [9.17, 15) is 4.79 Å². The Morgan fingerprint density at radius 3 is 2.65 bits per heavy atom. The van der Waals surface area contributed by atoms with Crippen LogP contribution >= 0.6 is 0 Å². The summed E-state index contributed by atoms with van der Waals surface area (Å²) in [5.41, 5.74) is 5.89. The van der Waals surface area contributed by atoms with Gasteiger partial charge < -0.3 is 15.4 Å². The van der Waals surface area contributed by atoms with Crippen LogP contribution in [0.1, 0.15) is 34.1 Å². The molecule has 0 aliphatic carbocycles. The molecule has 0 aromatic rings. The highest BCUT2D eigenvalue weighted by molar-refractivity contribution is 5.79. The van der Waals surface area contributed by atoms with Crippen LogP contribution in [0.3, 0.4) is 0 Å². The average Bonchev–Trinajstić information content (AvgIpc) is 2.24. The molecule has 100 valence electrons. The Morgan fingerprint density at radius 2 is 2.18 bits per heavy atom. The second-order valence-electron chi connectivity index (χ2n) is 6.15. The van der Waals surface area contributed by atoms with Gasteiger partial charge in [0.15, 0.2) is 0 Å². The van der Waals surface area contributed by atoms with E-state index < -0.39 is 0 Å². The Balaban J connectivity index is 2.64. The fourth-order valence-electron chi connectivity index (χ4n) is 2.30. The van der Waals surface area contributed by atoms with Crippen LogP contribution in [0.5, 0.6) is 0 Å². The van der Waals surface area contributed by atoms with Crippen molar-refractivity contribution < 1.29 is 9.53 Å². The maximum Gasteiger partial charge on any atom is 0.227 e. The Kier molecular flexibility index (Phi) is 4.95. The Morgan fingerprint density at radius 1 is 1.53 bits per heavy atom. The molecule has 2 unspecified atom stereocenters. The lowest BCUT2D eigenvalue weighted by molar-refractivity contribution is -0.144. The molecule has 1 aliphatic heterocycles. The quantitative estimate of drug-likeness (QED) is 0.810. The van der Waals surface area contributed by atoms with Crippen LogP contribution in [0.15, 0.2) is 0 Å². The molecule has 4 heteroatoms. The Bertz CT molecular complexity index is 261. The zero-order valence-electron chi connectivity index (χ0n) is 11.5. The fourth-order valence-corrected chi connectivity index (χ4v) is 2.30. The topological polar surface area (TPSA) is 55.6 Å². The molecule has 2 N–H and O–H groups in total. The van der Waals surface area contributed by atoms with Gasteiger partial charge in [0, 0.05) is 13.1 Å². The highest BCUT2D eigenvalue weighted by atomic mass is 16.5. The van der Waals surface area contributed by atoms with Crippen molar-refractivity contribution in [3.8, 4) is 0 Å². The molecule has 0 aromatic carbocycles. The van der Waals surface area contributed by atoms with Crippen molar-refractivity contribution in [2.45, 2.75) is 40.2 Å². The van der Waals surface area contributed by atoms with Gasteiger partial charge in [0.05, 0.1) is 25.2 Å². The summed E-state index contributed by atoms with van der Waals surface area (Å²) in [5.74, 6) is 0.133. The van der Waals surface area contributed by atoms with Crippen molar-refractivity contribution in [2.24, 2.45) is 17.1 Å². The maximum absolute atomic E-state index is 12.4. The van der Waals surface area contributed by atoms with Crippen LogP contribution in [-0.2, 0) is 9.53 Å². The molecule has 1 amide bonds. The fraction of sp³-hybridized carbons (Fsp3) is 0.923. The van der Waals surface area contributed by atoms with Gasteiger partial charge in [-0.25, -0.2) is 0 Å². The number of hydrogen-bond donors (Lipinski definition) is 1. The van der Waals surface area contributed by atoms with Gasteiger partial charge in [0.1, 0.15) is 0 Å². The highest BCUT2D eigenvalue weighted by Gasteiger charge is 2.31. The minimum Gasteiger partial charge on any atom is -0.377 e. The first-order chi connectivity index (χ1) is 7.85. The number of morpholine rings is 1. The summed E-state index contributed by atoms with van der Waals surface area (Å²) in [4.78, 5) is 14.3. The molecule has 1 rings (SSSR count). The van der Waals surface area contributed by atoms with E-state index in [1.165, 1.54) is 0 Å². The molecule has 0 radical (unpaired) electrons. The molecular weight excluding hydrogens is 216 g/mol. The average molecular weight is 242 g/mol. The summed E-state index contributed by atoms with van der Waals surface area (Å²) >= 11 is 0. The van der Waals surface area contributed by atoms with Crippen LogP contribution in [-0.4, -0.2) is 43.2 Å². The predicted molar refractivity (Wildman–Crippen MR) is 68.6 cm³/mol. The van der Waals surface area contributed by atoms with Crippen molar-refractivity contribution in [2.75, 3.05) is 26.3 Å². The van der Waals surface area contributed by atoms with Crippen molar-refractivity contribution >= 4 is 5.91 Å². The van der Waals surface area contributed by atoms with Gasteiger partial charge in [-0.1, -0.05) is 20.8 Å². The maximum atomic E-state index is 12.4. The van der Waals surface area contributed by atoms with Crippen LogP contribution in [0, 0.1) is 11.3 Å². The van der Waals surface area contributed by atoms with E-state index in [-0.39, 0.29) is 23.3 Å². The lowest BCUT2D eigenvalue weighted by Gasteiger charge is -2.37. The van der Waals surface area contributed by atoms with Gasteiger partial charge in [0.2, 0.25) is 5.91 Å². The van der Waals surface area contributed by atoms with Gasteiger partial charge in [-0.3, -0.25) is 4.79 Å². The first-order valence-electron chi connectivity index (χ1n) is 6.43. The molecule has 1 aliphatic rings. The zero-order valence-corrected chi connectivity index (χ0v) is 11.5. The summed E-state index contributed by atoms with van der Waals surface area (Å²) in [7, 11) is 0. The lowest BCUT2D eigenvalue weighted by Crippen LogP contribution is -2.51. The van der Waals surface area contributed by atoms with Gasteiger partial charge in [0.25, 0.3) is 0 Å². The minimum absolute atomic E-state index is 0.0597. The third kappa shape index (κ3) is 4.28. The van der Waals surface area contributed by atoms with E-state index in [1.54, 1.807) is 0 Å². The molecule has 1 heterocycles. The monoisotopic (exact) mass is 242 g/mol. The molecule has 0 aromatic heterocycles. The number of hydrogen-bond acceptors (Lipinski definition) is 3. The summed E-state index contributed by atoms with van der Waals surface area (Å²) < 4.78 is 5.35. The third-order valence-corrected chi connectivity index (χ3v) is 3.14. The first-order valence-corrected chi connectivity index (χ1v) is 6.43. The van der Waals surface area contributed by atoms with Crippen molar-refractivity contribution in [3.63, 3.8) is 0 Å². The first kappa shape index (κ1) is 14.5. The van der Waals surface area contributed by atoms with Gasteiger partial charge in [-0.05, 0) is 18.8 Å². The summed E-state index contributed by atoms with van der Waals surface area (Å²) in [6.45, 7) is 10.9. The SMILES string of the molecule is CC1COCCN1C(=O)C(CN)CC(C)(C)C. The molecule has 1 fully saturated rings. The highest BCUT2D eigenvalue weighted by Crippen LogP contribution is 2.26. The van der Waals surface area contributed by atoms with Crippen LogP contribution in [0.4, 0.5) is 0 Å². The molecule has 4 nitrogen and oxygen atoms in total. The number of carbonyl (C=O) groups is 1. The number of nitrogens with two attached hydrogens (primary N) is 1. The van der Waals surface area contributed by atoms with Crippen molar-refractivity contribution in [1.82, 2.24) is 4.90 Å². The lowest BCUT2D eigenvalue weighted by atomic mass is 9.84. The normalized spacial score (nSPS) is 23.6. The predicted octanol–water partition coefficient (Wildman–Crippen LogP) is 1.24. The summed E-state index contributed by atoms with van der Waals surface area (Å²) in [6.07, 6.45) is 0.840. The van der Waals surface area contributed by atoms with Gasteiger partial charge in [-0.15, -0.1) is 0 Å². The van der Waals surface area contributed by atoms with E-state index in [2.05, 4.69) is 20.8 Å². The van der Waals surface area contributed by atoms with E-state index in [0.717, 1.165) is 6.42 Å². The number of nitrogens with zero attached hydrogens (tertiary/aromatic N) is 1. The molecule has 0 spiro atoms. The minimum atomic E-state index is -0.0597. The Labute approximate surface area is 104 Å². The Hall–Kier alpha value is -0.610. The van der Waals surface area contributed by atoms with Gasteiger partial charge >= 0.3 is 0 Å². The summed E-state index contributed by atoms with van der Waals surface area (Å²) in [6, 6.07) is 0.172. The van der Waals surface area contributed by atoms with Crippen LogP contribution < -0.4 is 5.73 Å². The van der Waals surface area contributed by atoms with E-state index >= 15 is 0 Å². The third-order valence-electron chi connectivity index (χ3n) is 3.14. The number of amides is 1. The van der Waals surface area contributed by atoms with Crippen molar-refractivity contribution in [3.05, 3.63) is 0 Å². The van der Waals surface area contributed by atoms with Crippen LogP contribution in [0.25, 0.3) is 0 Å². The number of carbonyl (C=O) groups excluding carboxylic acids is 1. The van der Waals surface area contributed by atoms with Crippen LogP contribution in [0.2, 0.25) is 0 Å². The molecule has 17 heavy (non-hydrogen) atoms. The molecular formula is C13H26N2O2. The van der Waals surface area contributed by atoms with E-state index in [0.29, 0.717) is 26.3 Å². The smallest absolute Gasteiger partial charge is 0.227 e. The second kappa shape index (κ2) is 5.83. The van der Waals surface area contributed by atoms with E-state index in [4.69, 9.17) is 10.5 Å². The van der Waals surface area contributed by atoms with Gasteiger partial charge in [-0.2, -0.15) is 0 Å². The van der Waals surface area contributed by atoms with Crippen molar-refractivity contribution in [1.29, 1.82) is 0 Å². The number of rotatable bonds is 3. The van der Waals surface area contributed by atoms with E-state index in [1.807, 2.05) is 11.8 Å². The molecule has 0 bridgehead atoms. The molecule has 1 saturated heterocycles. The molecule has 0 saturated carbocycles. The molecule has 2 atom stereocenters. The second-order valence-corrected chi connectivity index (χ2v) is 6.15. The zero-order chi connectivity index (χ0) is 13.1. The number of ether oxygens (including phenoxy) is 1. The summed E-state index contributed by atoms with van der Waals surface area (Å²) in [5, 5.41) is 0. The largest absolute Gasteiger partial charge is 0.377 e.